The number of halogens is 3. The minimum absolute atomic E-state index is 0.0805. The summed E-state index contributed by atoms with van der Waals surface area (Å²) in [6.07, 6.45) is -8.44. The first-order chi connectivity index (χ1) is 24.5. The first-order valence-corrected chi connectivity index (χ1v) is 16.0. The van der Waals surface area contributed by atoms with Gasteiger partial charge in [-0.1, -0.05) is 96.0 Å². The Labute approximate surface area is 303 Å². The average molecular weight is 742 g/mol. The van der Waals surface area contributed by atoms with Gasteiger partial charge in [0.15, 0.2) is 17.0 Å². The Bertz CT molecular complexity index is 1830. The lowest BCUT2D eigenvalue weighted by molar-refractivity contribution is -0.279. The van der Waals surface area contributed by atoms with Crippen LogP contribution in [0.15, 0.2) is 126 Å². The van der Waals surface area contributed by atoms with Gasteiger partial charge in [0, 0.05) is 11.8 Å². The first-order valence-electron chi connectivity index (χ1n) is 15.4. The van der Waals surface area contributed by atoms with E-state index in [4.69, 9.17) is 64.8 Å². The molecule has 4 aromatic rings. The van der Waals surface area contributed by atoms with E-state index in [1.165, 1.54) is 48.5 Å². The lowest BCUT2D eigenvalue weighted by Crippen LogP contribution is -2.63. The molecule has 4 aromatic carbocycles. The molecular formula is C36H28Cl3NO10. The van der Waals surface area contributed by atoms with E-state index in [1.807, 2.05) is 0 Å². The van der Waals surface area contributed by atoms with Crippen molar-refractivity contribution in [1.82, 2.24) is 0 Å². The number of carbonyl (C=O) groups excluding carboxylic acids is 4. The molecule has 1 heterocycles. The van der Waals surface area contributed by atoms with E-state index >= 15 is 0 Å². The molecule has 0 spiro atoms. The zero-order chi connectivity index (χ0) is 36.4. The van der Waals surface area contributed by atoms with E-state index in [-0.39, 0.29) is 22.3 Å². The van der Waals surface area contributed by atoms with Crippen molar-refractivity contribution in [3.05, 3.63) is 144 Å². The predicted octanol–water partition coefficient (Wildman–Crippen LogP) is 6.62. The fourth-order valence-corrected chi connectivity index (χ4v) is 5.21. The maximum atomic E-state index is 13.6. The monoisotopic (exact) mass is 740 g/mol. The highest BCUT2D eigenvalue weighted by Gasteiger charge is 2.54. The van der Waals surface area contributed by atoms with Crippen LogP contribution in [-0.4, -0.2) is 71.9 Å². The SMILES string of the molecule is [2H]C(Cl)(Cl)C(=NCl)OC1O[C@H](COC(=O)c2ccccc2)[C@@H](OC(=O)c2ccccc2)[C@H](OC(=O)c2ccccc2)[C@H]1OC(=O)c1ccccc1. The molecule has 1 fully saturated rings. The number of rotatable bonds is 11. The van der Waals surface area contributed by atoms with Crippen LogP contribution in [0.3, 0.4) is 0 Å². The highest BCUT2D eigenvalue weighted by Crippen LogP contribution is 2.32. The summed E-state index contributed by atoms with van der Waals surface area (Å²) in [5, 5.41) is 0. The van der Waals surface area contributed by atoms with Crippen molar-refractivity contribution in [3.8, 4) is 0 Å². The Kier molecular flexibility index (Phi) is 12.3. The van der Waals surface area contributed by atoms with Gasteiger partial charge in [0.1, 0.15) is 12.7 Å². The van der Waals surface area contributed by atoms with E-state index in [0.717, 1.165) is 0 Å². The molecule has 50 heavy (non-hydrogen) atoms. The number of nitrogens with zero attached hydrogens (tertiary/aromatic N) is 1. The lowest BCUT2D eigenvalue weighted by atomic mass is 9.97. The molecule has 11 nitrogen and oxygen atoms in total. The number of hydrogen-bond acceptors (Lipinski definition) is 11. The third kappa shape index (κ3) is 9.39. The third-order valence-electron chi connectivity index (χ3n) is 7.20. The maximum absolute atomic E-state index is 13.6. The van der Waals surface area contributed by atoms with Gasteiger partial charge in [-0.25, -0.2) is 19.2 Å². The highest BCUT2D eigenvalue weighted by molar-refractivity contribution is 6.54. The summed E-state index contributed by atoms with van der Waals surface area (Å²) in [4.78, 5) is 51.1. The largest absolute Gasteiger partial charge is 0.459 e. The smallest absolute Gasteiger partial charge is 0.338 e. The number of benzene rings is 4. The molecule has 5 atom stereocenters. The van der Waals surface area contributed by atoms with Crippen LogP contribution in [0.4, 0.5) is 0 Å². The molecule has 1 aliphatic heterocycles. The summed E-state index contributed by atoms with van der Waals surface area (Å²) in [5.41, 5.74) is 0.476. The number of alkyl halides is 2. The molecule has 258 valence electrons. The van der Waals surface area contributed by atoms with Crippen LogP contribution in [0.25, 0.3) is 0 Å². The van der Waals surface area contributed by atoms with Crippen molar-refractivity contribution in [1.29, 1.82) is 0 Å². The van der Waals surface area contributed by atoms with Gasteiger partial charge in [-0.3, -0.25) is 0 Å². The molecule has 1 aliphatic rings. The summed E-state index contributed by atoms with van der Waals surface area (Å²) in [5.74, 6) is -4.31. The molecule has 0 radical (unpaired) electrons. The van der Waals surface area contributed by atoms with Crippen LogP contribution in [0.2, 0.25) is 0 Å². The normalized spacial score (nSPS) is 20.8. The molecule has 0 N–H and O–H groups in total. The second-order valence-corrected chi connectivity index (χ2v) is 11.6. The molecule has 0 amide bonds. The fraction of sp³-hybridized carbons (Fsp3) is 0.194. The van der Waals surface area contributed by atoms with Crippen LogP contribution in [0.1, 0.15) is 42.8 Å². The van der Waals surface area contributed by atoms with E-state index in [1.54, 1.807) is 72.8 Å². The Balaban J connectivity index is 1.59. The minimum atomic E-state index is -2.58. The Morgan fingerprint density at radius 3 is 1.38 bits per heavy atom. The number of carbonyl (C=O) groups is 4. The summed E-state index contributed by atoms with van der Waals surface area (Å²) in [6.45, 7) is -0.611. The number of esters is 4. The average Bonchev–Trinajstić information content (AvgIpc) is 3.15. The minimum Gasteiger partial charge on any atom is -0.459 e. The van der Waals surface area contributed by atoms with Crippen LogP contribution >= 0.6 is 35.0 Å². The molecule has 1 unspecified atom stereocenters. The lowest BCUT2D eigenvalue weighted by Gasteiger charge is -2.44. The van der Waals surface area contributed by atoms with Gasteiger partial charge in [-0.2, -0.15) is 0 Å². The summed E-state index contributed by atoms with van der Waals surface area (Å²) < 4.78 is 46.5. The summed E-state index contributed by atoms with van der Waals surface area (Å²) in [6, 6.07) is 31.5. The van der Waals surface area contributed by atoms with Gasteiger partial charge in [0.05, 0.1) is 23.6 Å². The van der Waals surface area contributed by atoms with Crippen molar-refractivity contribution in [2.45, 2.75) is 35.5 Å². The van der Waals surface area contributed by atoms with Crippen LogP contribution in [0, 0.1) is 0 Å². The highest BCUT2D eigenvalue weighted by atomic mass is 35.5. The topological polar surface area (TPSA) is 136 Å². The first kappa shape index (κ1) is 34.9. The predicted molar refractivity (Wildman–Crippen MR) is 182 cm³/mol. The van der Waals surface area contributed by atoms with E-state index in [9.17, 15) is 19.2 Å². The number of hydrogen-bond donors (Lipinski definition) is 0. The second kappa shape index (κ2) is 17.6. The molecule has 0 bridgehead atoms. The van der Waals surface area contributed by atoms with Gasteiger partial charge in [0.25, 0.3) is 0 Å². The van der Waals surface area contributed by atoms with Gasteiger partial charge in [0.2, 0.25) is 18.3 Å². The zero-order valence-electron chi connectivity index (χ0n) is 26.8. The van der Waals surface area contributed by atoms with Crippen LogP contribution in [-0.2, 0) is 28.4 Å². The third-order valence-corrected chi connectivity index (χ3v) is 7.68. The second-order valence-electron chi connectivity index (χ2n) is 10.5. The van der Waals surface area contributed by atoms with Gasteiger partial charge < -0.3 is 28.4 Å². The van der Waals surface area contributed by atoms with Crippen LogP contribution in [0.5, 0.6) is 0 Å². The molecule has 14 heteroatoms. The zero-order valence-corrected chi connectivity index (χ0v) is 28.1. The number of ether oxygens (including phenoxy) is 6. The van der Waals surface area contributed by atoms with E-state index in [0.29, 0.717) is 0 Å². The molecule has 5 rings (SSSR count). The van der Waals surface area contributed by atoms with Crippen LogP contribution < -0.4 is 0 Å². The molecule has 0 saturated carbocycles. The maximum Gasteiger partial charge on any atom is 0.338 e. The van der Waals surface area contributed by atoms with Gasteiger partial charge in [-0.15, -0.1) is 4.51 Å². The standard InChI is InChI=1S/C36H28Cl3NO10/c37-30(38)31(40-39)50-36-29(49-35(44)25-19-11-4-12-20-25)28(48-34(43)24-17-9-3-10-18-24)27(47-33(42)23-15-7-2-8-16-23)26(46-36)21-45-32(41)22-13-5-1-6-14-22/h1-20,26-30,36H,21H2/t26-,27-,28+,29-,36?/m1/s1/i30D. The summed E-state index contributed by atoms with van der Waals surface area (Å²) in [7, 11) is 0. The molecule has 0 aromatic heterocycles. The van der Waals surface area contributed by atoms with Crippen molar-refractivity contribution in [2.75, 3.05) is 6.61 Å². The quantitative estimate of drug-likeness (QED) is 0.0543. The molecular weight excluding hydrogens is 713 g/mol. The van der Waals surface area contributed by atoms with Crippen molar-refractivity contribution >= 4 is 64.8 Å². The molecule has 0 aliphatic carbocycles. The van der Waals surface area contributed by atoms with E-state index < -0.39 is 71.9 Å². The Morgan fingerprint density at radius 2 is 0.980 bits per heavy atom. The van der Waals surface area contributed by atoms with Crippen molar-refractivity contribution in [3.63, 3.8) is 0 Å². The molecule has 1 saturated heterocycles. The van der Waals surface area contributed by atoms with Gasteiger partial charge >= 0.3 is 23.9 Å². The van der Waals surface area contributed by atoms with E-state index in [2.05, 4.69) is 4.51 Å². The Morgan fingerprint density at radius 1 is 0.600 bits per heavy atom. The van der Waals surface area contributed by atoms with Crippen molar-refractivity contribution in [2.24, 2.45) is 4.51 Å². The van der Waals surface area contributed by atoms with Crippen molar-refractivity contribution < 1.29 is 49.0 Å². The fourth-order valence-electron chi connectivity index (χ4n) is 4.83. The summed E-state index contributed by atoms with van der Waals surface area (Å²) >= 11 is 17.6. The Hall–Kier alpha value is -4.94. The van der Waals surface area contributed by atoms with Gasteiger partial charge in [-0.05, 0) is 48.5 Å².